The largest absolute Gasteiger partial charge is 0.357 e. The second kappa shape index (κ2) is 7.00. The first-order chi connectivity index (χ1) is 12.6. The van der Waals surface area contributed by atoms with Gasteiger partial charge in [0, 0.05) is 25.8 Å². The fraction of sp³-hybridized carbons (Fsp3) is 0.450. The molecular weight excluding hydrogens is 346 g/mol. The van der Waals surface area contributed by atoms with E-state index in [1.807, 2.05) is 37.4 Å². The van der Waals surface area contributed by atoms with Crippen molar-refractivity contribution in [1.29, 1.82) is 0 Å². The number of anilines is 1. The summed E-state index contributed by atoms with van der Waals surface area (Å²) < 4.78 is 27.8. The van der Waals surface area contributed by atoms with E-state index in [2.05, 4.69) is 9.88 Å². The van der Waals surface area contributed by atoms with Gasteiger partial charge in [-0.15, -0.1) is 0 Å². The molecule has 1 unspecified atom stereocenters. The monoisotopic (exact) mass is 371 g/mol. The lowest BCUT2D eigenvalue weighted by Crippen LogP contribution is -2.30. The topological polar surface area (TPSA) is 53.5 Å². The summed E-state index contributed by atoms with van der Waals surface area (Å²) in [6.45, 7) is 4.64. The molecule has 2 aromatic rings. The van der Waals surface area contributed by atoms with Gasteiger partial charge in [-0.2, -0.15) is 4.31 Å². The molecular formula is C20H25N3O2S. The lowest BCUT2D eigenvalue weighted by Gasteiger charge is -2.25. The summed E-state index contributed by atoms with van der Waals surface area (Å²) in [4.78, 5) is 7.27. The molecule has 2 aliphatic heterocycles. The first-order valence-electron chi connectivity index (χ1n) is 9.35. The summed E-state index contributed by atoms with van der Waals surface area (Å²) in [5.41, 5.74) is 2.05. The van der Waals surface area contributed by atoms with Gasteiger partial charge in [0.1, 0.15) is 5.82 Å². The molecule has 0 amide bonds. The second-order valence-corrected chi connectivity index (χ2v) is 9.12. The Hall–Kier alpha value is -1.92. The molecule has 4 rings (SSSR count). The normalized spacial score (nSPS) is 21.4. The smallest absolute Gasteiger partial charge is 0.243 e. The highest BCUT2D eigenvalue weighted by Crippen LogP contribution is 2.36. The molecule has 0 bridgehead atoms. The van der Waals surface area contributed by atoms with Crippen molar-refractivity contribution in [3.05, 3.63) is 53.7 Å². The number of hydrogen-bond donors (Lipinski definition) is 0. The number of benzene rings is 1. The maximum absolute atomic E-state index is 13.1. The first-order valence-corrected chi connectivity index (χ1v) is 10.8. The number of aryl methyl sites for hydroxylation is 1. The van der Waals surface area contributed by atoms with Crippen LogP contribution in [-0.2, 0) is 10.0 Å². The summed E-state index contributed by atoms with van der Waals surface area (Å²) in [6.07, 6.45) is 6.02. The van der Waals surface area contributed by atoms with Gasteiger partial charge in [-0.05, 0) is 56.4 Å². The quantitative estimate of drug-likeness (QED) is 0.825. The number of sulfonamides is 1. The van der Waals surface area contributed by atoms with Gasteiger partial charge < -0.3 is 4.90 Å². The third kappa shape index (κ3) is 3.23. The summed E-state index contributed by atoms with van der Waals surface area (Å²) >= 11 is 0. The summed E-state index contributed by atoms with van der Waals surface area (Å²) in [5, 5.41) is 0. The van der Waals surface area contributed by atoms with Crippen LogP contribution >= 0.6 is 0 Å². The van der Waals surface area contributed by atoms with Crippen molar-refractivity contribution < 1.29 is 8.42 Å². The Balaban J connectivity index is 1.59. The van der Waals surface area contributed by atoms with Gasteiger partial charge in [-0.25, -0.2) is 13.4 Å². The Morgan fingerprint density at radius 2 is 1.69 bits per heavy atom. The van der Waals surface area contributed by atoms with E-state index in [9.17, 15) is 8.42 Å². The van der Waals surface area contributed by atoms with Gasteiger partial charge in [0.15, 0.2) is 0 Å². The molecule has 0 saturated carbocycles. The van der Waals surface area contributed by atoms with E-state index in [4.69, 9.17) is 0 Å². The van der Waals surface area contributed by atoms with Gasteiger partial charge >= 0.3 is 0 Å². The third-order valence-corrected chi connectivity index (χ3v) is 7.34. The SMILES string of the molecule is Cc1ccc(S(=O)(=O)N2CCCC2c2ccc(N3CCCC3)nc2)cc1. The zero-order valence-corrected chi connectivity index (χ0v) is 16.0. The third-order valence-electron chi connectivity index (χ3n) is 5.42. The van der Waals surface area contributed by atoms with Gasteiger partial charge in [0.25, 0.3) is 0 Å². The van der Waals surface area contributed by atoms with Crippen LogP contribution in [-0.4, -0.2) is 37.3 Å². The molecule has 2 saturated heterocycles. The zero-order valence-electron chi connectivity index (χ0n) is 15.1. The summed E-state index contributed by atoms with van der Waals surface area (Å²) in [5.74, 6) is 0.997. The number of rotatable bonds is 4. The highest BCUT2D eigenvalue weighted by Gasteiger charge is 2.36. The average Bonchev–Trinajstić information content (AvgIpc) is 3.34. The lowest BCUT2D eigenvalue weighted by atomic mass is 10.1. The Morgan fingerprint density at radius 3 is 2.35 bits per heavy atom. The van der Waals surface area contributed by atoms with Crippen LogP contribution in [0.15, 0.2) is 47.5 Å². The van der Waals surface area contributed by atoms with E-state index in [0.29, 0.717) is 11.4 Å². The second-order valence-electron chi connectivity index (χ2n) is 7.23. The molecule has 138 valence electrons. The van der Waals surface area contributed by atoms with Crippen LogP contribution < -0.4 is 4.90 Å². The first kappa shape index (κ1) is 17.5. The minimum absolute atomic E-state index is 0.124. The van der Waals surface area contributed by atoms with Crippen molar-refractivity contribution >= 4 is 15.8 Å². The number of hydrogen-bond acceptors (Lipinski definition) is 4. The average molecular weight is 372 g/mol. The minimum Gasteiger partial charge on any atom is -0.357 e. The molecule has 0 aliphatic carbocycles. The Bertz CT molecular complexity index is 857. The van der Waals surface area contributed by atoms with E-state index in [1.54, 1.807) is 16.4 Å². The summed E-state index contributed by atoms with van der Waals surface area (Å²) in [6, 6.07) is 11.1. The standard InChI is InChI=1S/C20H25N3O2S/c1-16-6-9-18(10-7-16)26(24,25)23-14-4-5-19(23)17-8-11-20(21-15-17)22-12-2-3-13-22/h6-11,15,19H,2-5,12-14H2,1H3. The van der Waals surface area contributed by atoms with Gasteiger partial charge in [-0.3, -0.25) is 0 Å². The molecule has 1 aromatic heterocycles. The molecule has 1 atom stereocenters. The predicted molar refractivity (Wildman–Crippen MR) is 103 cm³/mol. The van der Waals surface area contributed by atoms with Crippen molar-refractivity contribution in [2.45, 2.75) is 43.5 Å². The van der Waals surface area contributed by atoms with Gasteiger partial charge in [-0.1, -0.05) is 23.8 Å². The molecule has 0 N–H and O–H groups in total. The van der Waals surface area contributed by atoms with Crippen LogP contribution in [0.4, 0.5) is 5.82 Å². The number of nitrogens with zero attached hydrogens (tertiary/aromatic N) is 3. The molecule has 6 heteroatoms. The molecule has 5 nitrogen and oxygen atoms in total. The minimum atomic E-state index is -3.48. The van der Waals surface area contributed by atoms with E-state index in [0.717, 1.165) is 42.9 Å². The lowest BCUT2D eigenvalue weighted by molar-refractivity contribution is 0.396. The summed E-state index contributed by atoms with van der Waals surface area (Å²) in [7, 11) is -3.48. The predicted octanol–water partition coefficient (Wildman–Crippen LogP) is 3.52. The van der Waals surface area contributed by atoms with Crippen LogP contribution in [0.3, 0.4) is 0 Å². The van der Waals surface area contributed by atoms with Crippen LogP contribution in [0.2, 0.25) is 0 Å². The Labute approximate surface area is 155 Å². The fourth-order valence-corrected chi connectivity index (χ4v) is 5.62. The van der Waals surface area contributed by atoms with Crippen LogP contribution in [0.1, 0.15) is 42.9 Å². The van der Waals surface area contributed by atoms with Crippen molar-refractivity contribution in [3.63, 3.8) is 0 Å². The molecule has 1 aromatic carbocycles. The molecule has 2 fully saturated rings. The number of aromatic nitrogens is 1. The number of pyridine rings is 1. The Morgan fingerprint density at radius 1 is 0.962 bits per heavy atom. The van der Waals surface area contributed by atoms with E-state index in [1.165, 1.54) is 12.8 Å². The molecule has 0 spiro atoms. The van der Waals surface area contributed by atoms with Crippen molar-refractivity contribution in [2.75, 3.05) is 24.5 Å². The van der Waals surface area contributed by atoms with Crippen LogP contribution in [0.5, 0.6) is 0 Å². The van der Waals surface area contributed by atoms with Crippen LogP contribution in [0.25, 0.3) is 0 Å². The van der Waals surface area contributed by atoms with Crippen molar-refractivity contribution in [3.8, 4) is 0 Å². The van der Waals surface area contributed by atoms with E-state index >= 15 is 0 Å². The van der Waals surface area contributed by atoms with Gasteiger partial charge in [0.2, 0.25) is 10.0 Å². The molecule has 26 heavy (non-hydrogen) atoms. The molecule has 0 radical (unpaired) electrons. The fourth-order valence-electron chi connectivity index (χ4n) is 3.93. The maximum Gasteiger partial charge on any atom is 0.243 e. The zero-order chi connectivity index (χ0) is 18.1. The highest BCUT2D eigenvalue weighted by molar-refractivity contribution is 7.89. The van der Waals surface area contributed by atoms with Crippen LogP contribution in [0, 0.1) is 6.92 Å². The molecule has 3 heterocycles. The van der Waals surface area contributed by atoms with Crippen molar-refractivity contribution in [1.82, 2.24) is 9.29 Å². The van der Waals surface area contributed by atoms with E-state index < -0.39 is 10.0 Å². The highest BCUT2D eigenvalue weighted by atomic mass is 32.2. The van der Waals surface area contributed by atoms with E-state index in [-0.39, 0.29) is 6.04 Å². The molecule has 2 aliphatic rings. The maximum atomic E-state index is 13.1. The van der Waals surface area contributed by atoms with Crippen molar-refractivity contribution in [2.24, 2.45) is 0 Å². The van der Waals surface area contributed by atoms with Gasteiger partial charge in [0.05, 0.1) is 10.9 Å². The Kier molecular flexibility index (Phi) is 4.71.